The van der Waals surface area contributed by atoms with E-state index in [9.17, 15) is 5.21 Å². The van der Waals surface area contributed by atoms with Crippen molar-refractivity contribution in [1.82, 2.24) is 0 Å². The van der Waals surface area contributed by atoms with Crippen LogP contribution >= 0.6 is 0 Å². The fourth-order valence-electron chi connectivity index (χ4n) is 3.93. The molecule has 0 aromatic heterocycles. The lowest BCUT2D eigenvalue weighted by Gasteiger charge is -2.41. The predicted octanol–water partition coefficient (Wildman–Crippen LogP) is 1.72. The average Bonchev–Trinajstić information content (AvgIpc) is 3.09. The molecule has 0 radical (unpaired) electrons. The molecule has 1 aromatic rings. The van der Waals surface area contributed by atoms with Gasteiger partial charge in [0, 0.05) is 23.1 Å². The van der Waals surface area contributed by atoms with Crippen molar-refractivity contribution >= 4 is 5.69 Å². The average molecular weight is 289 g/mol. The highest BCUT2D eigenvalue weighted by atomic mass is 16.8. The molecular weight excluding hydrogens is 270 g/mol. The zero-order valence-electron chi connectivity index (χ0n) is 11.7. The van der Waals surface area contributed by atoms with E-state index in [-0.39, 0.29) is 17.4 Å². The molecule has 0 amide bonds. The monoisotopic (exact) mass is 289 g/mol. The van der Waals surface area contributed by atoms with Crippen LogP contribution in [0.4, 0.5) is 5.69 Å². The molecule has 3 aliphatic rings. The summed E-state index contributed by atoms with van der Waals surface area (Å²) < 4.78 is 11.9. The summed E-state index contributed by atoms with van der Waals surface area (Å²) in [5.74, 6) is 1.30. The van der Waals surface area contributed by atoms with Crippen molar-refractivity contribution in [2.45, 2.75) is 19.1 Å². The number of ether oxygens (including phenoxy) is 2. The minimum absolute atomic E-state index is 0.164. The van der Waals surface area contributed by atoms with Gasteiger partial charge in [-0.1, -0.05) is 12.2 Å². The lowest BCUT2D eigenvalue weighted by atomic mass is 9.76. The van der Waals surface area contributed by atoms with Crippen molar-refractivity contribution in [3.8, 4) is 0 Å². The first-order valence-electron chi connectivity index (χ1n) is 7.41. The van der Waals surface area contributed by atoms with Crippen LogP contribution in [0.25, 0.3) is 0 Å². The Bertz CT molecular complexity index is 546. The SMILES string of the molecule is [O-][NH+](O)c1ccc(C2OCC3(CO2)CC2C=CC3C2)cc1. The van der Waals surface area contributed by atoms with E-state index in [4.69, 9.17) is 14.7 Å². The fraction of sp³-hybridized carbons (Fsp3) is 0.500. The molecule has 3 unspecified atom stereocenters. The summed E-state index contributed by atoms with van der Waals surface area (Å²) in [7, 11) is 0. The van der Waals surface area contributed by atoms with E-state index < -0.39 is 5.23 Å². The Morgan fingerprint density at radius 2 is 1.86 bits per heavy atom. The Hall–Kier alpha value is -1.24. The van der Waals surface area contributed by atoms with Gasteiger partial charge in [0.25, 0.3) is 0 Å². The van der Waals surface area contributed by atoms with E-state index >= 15 is 0 Å². The van der Waals surface area contributed by atoms with Gasteiger partial charge in [-0.05, 0) is 36.8 Å². The zero-order chi connectivity index (χ0) is 14.4. The fourth-order valence-corrected chi connectivity index (χ4v) is 3.93. The number of quaternary nitrogens is 1. The number of hydrogen-bond donors (Lipinski definition) is 2. The maximum atomic E-state index is 10.9. The summed E-state index contributed by atoms with van der Waals surface area (Å²) in [6.45, 7) is 1.45. The van der Waals surface area contributed by atoms with Crippen molar-refractivity contribution < 1.29 is 19.9 Å². The molecule has 4 rings (SSSR count). The van der Waals surface area contributed by atoms with Crippen LogP contribution in [0, 0.1) is 22.5 Å². The van der Waals surface area contributed by atoms with Crippen LogP contribution in [0.2, 0.25) is 0 Å². The number of fused-ring (bicyclic) bond motifs is 3. The molecule has 2 fully saturated rings. The molecule has 1 heterocycles. The second-order valence-corrected chi connectivity index (χ2v) is 6.43. The van der Waals surface area contributed by atoms with E-state index in [0.717, 1.165) is 18.8 Å². The number of rotatable bonds is 2. The van der Waals surface area contributed by atoms with Crippen LogP contribution in [-0.4, -0.2) is 18.4 Å². The number of benzene rings is 1. The largest absolute Gasteiger partial charge is 0.595 e. The van der Waals surface area contributed by atoms with Gasteiger partial charge in [-0.2, -0.15) is 5.23 Å². The Labute approximate surface area is 123 Å². The summed E-state index contributed by atoms with van der Waals surface area (Å²) in [5.41, 5.74) is 1.33. The highest BCUT2D eigenvalue weighted by Crippen LogP contribution is 2.54. The number of hydrogen-bond acceptors (Lipinski definition) is 4. The summed E-state index contributed by atoms with van der Waals surface area (Å²) in [6, 6.07) is 6.73. The van der Waals surface area contributed by atoms with Crippen molar-refractivity contribution in [3.05, 3.63) is 47.2 Å². The van der Waals surface area contributed by atoms with Crippen molar-refractivity contribution in [1.29, 1.82) is 0 Å². The Morgan fingerprint density at radius 1 is 1.14 bits per heavy atom. The van der Waals surface area contributed by atoms with E-state index in [1.807, 2.05) is 0 Å². The molecule has 1 aromatic carbocycles. The first kappa shape index (κ1) is 13.4. The van der Waals surface area contributed by atoms with Crippen molar-refractivity contribution in [2.75, 3.05) is 13.2 Å². The quantitative estimate of drug-likeness (QED) is 0.642. The molecule has 5 nitrogen and oxygen atoms in total. The van der Waals surface area contributed by atoms with Crippen molar-refractivity contribution in [3.63, 3.8) is 0 Å². The lowest BCUT2D eigenvalue weighted by Crippen LogP contribution is -2.99. The molecule has 2 bridgehead atoms. The summed E-state index contributed by atoms with van der Waals surface area (Å²) in [4.78, 5) is 0. The molecule has 1 saturated heterocycles. The third-order valence-corrected chi connectivity index (χ3v) is 5.10. The van der Waals surface area contributed by atoms with E-state index in [2.05, 4.69) is 12.2 Å². The molecule has 21 heavy (non-hydrogen) atoms. The smallest absolute Gasteiger partial charge is 0.183 e. The van der Waals surface area contributed by atoms with Crippen LogP contribution in [0.15, 0.2) is 36.4 Å². The van der Waals surface area contributed by atoms with Gasteiger partial charge in [0.1, 0.15) is 0 Å². The van der Waals surface area contributed by atoms with Crippen LogP contribution in [0.3, 0.4) is 0 Å². The van der Waals surface area contributed by atoms with Gasteiger partial charge in [0.2, 0.25) is 0 Å². The topological polar surface area (TPSA) is 66.2 Å². The molecular formula is C16H19NO4. The highest BCUT2D eigenvalue weighted by molar-refractivity contribution is 5.33. The molecule has 1 spiro atoms. The predicted molar refractivity (Wildman–Crippen MR) is 74.7 cm³/mol. The Morgan fingerprint density at radius 3 is 2.38 bits per heavy atom. The van der Waals surface area contributed by atoms with Crippen molar-refractivity contribution in [2.24, 2.45) is 17.3 Å². The van der Waals surface area contributed by atoms with E-state index in [1.165, 1.54) is 12.8 Å². The molecule has 112 valence electrons. The molecule has 1 saturated carbocycles. The van der Waals surface area contributed by atoms with Crippen LogP contribution in [0.1, 0.15) is 24.7 Å². The molecule has 1 aliphatic heterocycles. The van der Waals surface area contributed by atoms with Gasteiger partial charge in [-0.25, -0.2) is 5.21 Å². The van der Waals surface area contributed by atoms with Gasteiger partial charge < -0.3 is 14.7 Å². The normalized spacial score (nSPS) is 39.0. The first-order chi connectivity index (χ1) is 10.2. The first-order valence-corrected chi connectivity index (χ1v) is 7.41. The second-order valence-electron chi connectivity index (χ2n) is 6.43. The lowest BCUT2D eigenvalue weighted by molar-refractivity contribution is -0.991. The van der Waals surface area contributed by atoms with Crippen LogP contribution < -0.4 is 5.23 Å². The molecule has 5 heteroatoms. The van der Waals surface area contributed by atoms with Gasteiger partial charge in [-0.3, -0.25) is 0 Å². The maximum absolute atomic E-state index is 10.9. The standard InChI is InChI=1S/C16H19NO4/c18-17(19)14-5-2-12(3-6-14)15-20-9-16(10-21-15)8-11-1-4-13(16)7-11/h1-6,11,13,15,17-18H,7-10H2. The Balaban J connectivity index is 1.44. The van der Waals surface area contributed by atoms with Crippen LogP contribution in [0.5, 0.6) is 0 Å². The molecule has 2 N–H and O–H groups in total. The number of nitrogens with one attached hydrogen (secondary N) is 1. The van der Waals surface area contributed by atoms with Crippen LogP contribution in [-0.2, 0) is 9.47 Å². The third kappa shape index (κ3) is 2.22. The second kappa shape index (κ2) is 4.90. The minimum Gasteiger partial charge on any atom is -0.595 e. The van der Waals surface area contributed by atoms with E-state index in [0.29, 0.717) is 11.8 Å². The van der Waals surface area contributed by atoms with Gasteiger partial charge in [-0.15, -0.1) is 0 Å². The van der Waals surface area contributed by atoms with Gasteiger partial charge >= 0.3 is 0 Å². The van der Waals surface area contributed by atoms with E-state index in [1.54, 1.807) is 24.3 Å². The summed E-state index contributed by atoms with van der Waals surface area (Å²) in [6.07, 6.45) is 6.68. The highest BCUT2D eigenvalue weighted by Gasteiger charge is 2.51. The summed E-state index contributed by atoms with van der Waals surface area (Å²) in [5, 5.41) is 18.9. The zero-order valence-corrected chi connectivity index (χ0v) is 11.7. The Kier molecular flexibility index (Phi) is 3.13. The third-order valence-electron chi connectivity index (χ3n) is 5.10. The molecule has 3 atom stereocenters. The van der Waals surface area contributed by atoms with Gasteiger partial charge in [0.05, 0.1) is 13.2 Å². The number of allylic oxidation sites excluding steroid dienone is 2. The summed E-state index contributed by atoms with van der Waals surface area (Å²) >= 11 is 0. The molecule has 2 aliphatic carbocycles. The maximum Gasteiger partial charge on any atom is 0.183 e. The van der Waals surface area contributed by atoms with Gasteiger partial charge in [0.15, 0.2) is 12.0 Å². The minimum atomic E-state index is -0.917.